The molecule has 0 atom stereocenters. The van der Waals surface area contributed by atoms with Crippen molar-refractivity contribution in [3.8, 4) is 11.4 Å². The van der Waals surface area contributed by atoms with Gasteiger partial charge in [0, 0.05) is 24.7 Å². The minimum atomic E-state index is -1.27. The lowest BCUT2D eigenvalue weighted by Gasteiger charge is -2.13. The number of hydrogen-bond donors (Lipinski definition) is 4. The van der Waals surface area contributed by atoms with E-state index in [0.29, 0.717) is 40.8 Å². The monoisotopic (exact) mass is 519 g/mol. The number of carbonyl (C=O) groups is 2. The van der Waals surface area contributed by atoms with Crippen molar-refractivity contribution in [3.63, 3.8) is 0 Å². The Kier molecular flexibility index (Phi) is 6.49. The number of halogens is 2. The fourth-order valence-corrected chi connectivity index (χ4v) is 4.11. The average molecular weight is 520 g/mol. The van der Waals surface area contributed by atoms with Crippen molar-refractivity contribution in [2.45, 2.75) is 25.0 Å². The second kappa shape index (κ2) is 9.76. The third-order valence-corrected chi connectivity index (χ3v) is 6.51. The van der Waals surface area contributed by atoms with Gasteiger partial charge in [0.25, 0.3) is 11.8 Å². The fraction of sp³-hybridized carbons (Fsp3) is 0.185. The van der Waals surface area contributed by atoms with Crippen LogP contribution in [-0.4, -0.2) is 39.5 Å². The third kappa shape index (κ3) is 5.09. The highest BCUT2D eigenvalue weighted by atomic mass is 35.5. The van der Waals surface area contributed by atoms with Gasteiger partial charge in [-0.15, -0.1) is 0 Å². The number of nitrogens with one attached hydrogen (secondary N) is 3. The van der Waals surface area contributed by atoms with Gasteiger partial charge < -0.3 is 21.1 Å². The predicted octanol–water partition coefficient (Wildman–Crippen LogP) is 4.52. The summed E-state index contributed by atoms with van der Waals surface area (Å²) in [5.41, 5.74) is 0.848. The summed E-state index contributed by atoms with van der Waals surface area (Å²) in [4.78, 5) is 34.1. The van der Waals surface area contributed by atoms with E-state index in [1.54, 1.807) is 61.6 Å². The van der Waals surface area contributed by atoms with Crippen LogP contribution in [0.15, 0.2) is 60.7 Å². The van der Waals surface area contributed by atoms with Gasteiger partial charge in [0.2, 0.25) is 0 Å². The number of rotatable bonds is 7. The van der Waals surface area contributed by atoms with Crippen molar-refractivity contribution in [1.29, 1.82) is 0 Å². The molecule has 0 radical (unpaired) electrons. The molecule has 4 N–H and O–H groups in total. The van der Waals surface area contributed by atoms with Crippen molar-refractivity contribution >= 4 is 45.8 Å². The van der Waals surface area contributed by atoms with Crippen LogP contribution in [0.25, 0.3) is 22.3 Å². The molecule has 1 aliphatic rings. The van der Waals surface area contributed by atoms with Gasteiger partial charge in [-0.05, 0) is 60.9 Å². The minimum Gasteiger partial charge on any atom is -0.380 e. The number of anilines is 2. The van der Waals surface area contributed by atoms with E-state index in [1.807, 2.05) is 0 Å². The Bertz CT molecular complexity index is 1540. The first kappa shape index (κ1) is 24.6. The Hall–Kier alpha value is -4.08. The molecule has 0 bridgehead atoms. The van der Waals surface area contributed by atoms with Crippen molar-refractivity contribution in [2.24, 2.45) is 0 Å². The molecule has 10 heteroatoms. The van der Waals surface area contributed by atoms with Gasteiger partial charge >= 0.3 is 0 Å². The average Bonchev–Trinajstić information content (AvgIpc) is 3.65. The lowest BCUT2D eigenvalue weighted by atomic mass is 10.1. The van der Waals surface area contributed by atoms with E-state index in [0.717, 1.165) is 0 Å². The van der Waals surface area contributed by atoms with Crippen molar-refractivity contribution in [3.05, 3.63) is 82.6 Å². The molecule has 0 spiro atoms. The SMILES string of the molecule is CNc1nc(-c2ccccc2F)nc2cc(NC(=O)c3cc(CNC(=O)C4(O)CC4)ccc3Cl)ccc12. The molecule has 4 aromatic rings. The zero-order chi connectivity index (χ0) is 26.2. The van der Waals surface area contributed by atoms with Crippen LogP contribution >= 0.6 is 11.6 Å². The highest BCUT2D eigenvalue weighted by molar-refractivity contribution is 6.34. The summed E-state index contributed by atoms with van der Waals surface area (Å²) < 4.78 is 14.4. The van der Waals surface area contributed by atoms with Gasteiger partial charge in [0.1, 0.15) is 17.2 Å². The Labute approximate surface area is 216 Å². The summed E-state index contributed by atoms with van der Waals surface area (Å²) >= 11 is 6.29. The molecular weight excluding hydrogens is 497 g/mol. The molecule has 1 heterocycles. The van der Waals surface area contributed by atoms with Crippen molar-refractivity contribution in [2.75, 3.05) is 17.7 Å². The molecule has 2 amide bonds. The van der Waals surface area contributed by atoms with E-state index < -0.39 is 23.2 Å². The number of fused-ring (bicyclic) bond motifs is 1. The van der Waals surface area contributed by atoms with E-state index in [1.165, 1.54) is 6.07 Å². The Balaban J connectivity index is 1.39. The van der Waals surface area contributed by atoms with Crippen LogP contribution in [0, 0.1) is 5.82 Å². The minimum absolute atomic E-state index is 0.150. The van der Waals surface area contributed by atoms with Gasteiger partial charge in [-0.25, -0.2) is 14.4 Å². The van der Waals surface area contributed by atoms with Gasteiger partial charge in [-0.2, -0.15) is 0 Å². The van der Waals surface area contributed by atoms with Crippen LogP contribution in [0.1, 0.15) is 28.8 Å². The first-order valence-electron chi connectivity index (χ1n) is 11.6. The maximum absolute atomic E-state index is 14.4. The summed E-state index contributed by atoms with van der Waals surface area (Å²) in [6, 6.07) is 16.3. The summed E-state index contributed by atoms with van der Waals surface area (Å²) in [5.74, 6) is -0.579. The zero-order valence-corrected chi connectivity index (χ0v) is 20.6. The predicted molar refractivity (Wildman–Crippen MR) is 140 cm³/mol. The zero-order valence-electron chi connectivity index (χ0n) is 19.8. The molecule has 0 saturated heterocycles. The largest absolute Gasteiger partial charge is 0.380 e. The Morgan fingerprint density at radius 1 is 1.08 bits per heavy atom. The Morgan fingerprint density at radius 2 is 1.86 bits per heavy atom. The molecule has 1 aliphatic carbocycles. The maximum Gasteiger partial charge on any atom is 0.257 e. The highest BCUT2D eigenvalue weighted by Crippen LogP contribution is 2.35. The fourth-order valence-electron chi connectivity index (χ4n) is 3.91. The molecule has 0 unspecified atom stereocenters. The van der Waals surface area contributed by atoms with E-state index in [9.17, 15) is 19.1 Å². The van der Waals surface area contributed by atoms with Crippen molar-refractivity contribution in [1.82, 2.24) is 15.3 Å². The number of nitrogens with zero attached hydrogens (tertiary/aromatic N) is 2. The van der Waals surface area contributed by atoms with E-state index in [2.05, 4.69) is 25.9 Å². The number of benzene rings is 3. The summed E-state index contributed by atoms with van der Waals surface area (Å²) in [6.45, 7) is 0.150. The molecule has 37 heavy (non-hydrogen) atoms. The summed E-state index contributed by atoms with van der Waals surface area (Å²) in [5, 5.41) is 19.4. The van der Waals surface area contributed by atoms with Gasteiger partial charge in [-0.3, -0.25) is 9.59 Å². The second-order valence-corrected chi connectivity index (χ2v) is 9.25. The topological polar surface area (TPSA) is 116 Å². The van der Waals surface area contributed by atoms with Gasteiger partial charge in [-0.1, -0.05) is 29.8 Å². The van der Waals surface area contributed by atoms with Crippen LogP contribution < -0.4 is 16.0 Å². The Morgan fingerprint density at radius 3 is 2.59 bits per heavy atom. The number of hydrogen-bond acceptors (Lipinski definition) is 6. The van der Waals surface area contributed by atoms with Crippen LogP contribution in [0.5, 0.6) is 0 Å². The highest BCUT2D eigenvalue weighted by Gasteiger charge is 2.47. The van der Waals surface area contributed by atoms with Crippen molar-refractivity contribution < 1.29 is 19.1 Å². The van der Waals surface area contributed by atoms with E-state index in [-0.39, 0.29) is 28.5 Å². The smallest absolute Gasteiger partial charge is 0.257 e. The third-order valence-electron chi connectivity index (χ3n) is 6.18. The van der Waals surface area contributed by atoms with Crippen LogP contribution in [-0.2, 0) is 11.3 Å². The van der Waals surface area contributed by atoms with Crippen LogP contribution in [0.2, 0.25) is 5.02 Å². The summed E-state index contributed by atoms with van der Waals surface area (Å²) in [6.07, 6.45) is 0.892. The quantitative estimate of drug-likeness (QED) is 0.285. The van der Waals surface area contributed by atoms with E-state index >= 15 is 0 Å². The molecular formula is C27H23ClFN5O3. The normalized spacial score (nSPS) is 13.7. The van der Waals surface area contributed by atoms with E-state index in [4.69, 9.17) is 11.6 Å². The molecule has 1 fully saturated rings. The number of aliphatic hydroxyl groups is 1. The first-order chi connectivity index (χ1) is 17.8. The standard InChI is InChI=1S/C27H23ClFN5O3/c1-30-23-18-8-7-16(13-22(18)33-24(34-23)17-4-2-3-5-21(17)29)32-25(35)19-12-15(6-9-20(19)28)14-31-26(36)27(37)10-11-27/h2-9,12-13,37H,10-11,14H2,1H3,(H,31,36)(H,32,35)(H,30,33,34). The molecule has 0 aliphatic heterocycles. The van der Waals surface area contributed by atoms with Gasteiger partial charge in [0.15, 0.2) is 5.82 Å². The lowest BCUT2D eigenvalue weighted by Crippen LogP contribution is -2.35. The lowest BCUT2D eigenvalue weighted by molar-refractivity contribution is -0.131. The molecule has 1 aromatic heterocycles. The molecule has 5 rings (SSSR count). The molecule has 1 saturated carbocycles. The summed E-state index contributed by atoms with van der Waals surface area (Å²) in [7, 11) is 1.71. The van der Waals surface area contributed by atoms with Crippen LogP contribution in [0.3, 0.4) is 0 Å². The maximum atomic E-state index is 14.4. The van der Waals surface area contributed by atoms with Crippen LogP contribution in [0.4, 0.5) is 15.9 Å². The second-order valence-electron chi connectivity index (χ2n) is 8.84. The number of carbonyl (C=O) groups excluding carboxylic acids is 2. The number of amides is 2. The number of aromatic nitrogens is 2. The van der Waals surface area contributed by atoms with Gasteiger partial charge in [0.05, 0.1) is 21.7 Å². The molecule has 188 valence electrons. The molecule has 3 aromatic carbocycles. The molecule has 8 nitrogen and oxygen atoms in total. The first-order valence-corrected chi connectivity index (χ1v) is 12.0.